The Morgan fingerprint density at radius 1 is 1.10 bits per heavy atom. The molecule has 0 fully saturated rings. The highest BCUT2D eigenvalue weighted by Gasteiger charge is 2.26. The lowest BCUT2D eigenvalue weighted by molar-refractivity contribution is 0.505. The SMILES string of the molecule is Fc1ccccc1C1CCNc2nc3ccccc3n21. The molecular formula is C16H14FN3. The molecule has 1 aromatic heterocycles. The molecule has 20 heavy (non-hydrogen) atoms. The van der Waals surface area contributed by atoms with Gasteiger partial charge in [-0.15, -0.1) is 0 Å². The zero-order valence-corrected chi connectivity index (χ0v) is 10.9. The van der Waals surface area contributed by atoms with Crippen molar-refractivity contribution in [3.8, 4) is 0 Å². The van der Waals surface area contributed by atoms with Crippen molar-refractivity contribution in [2.45, 2.75) is 12.5 Å². The Morgan fingerprint density at radius 2 is 1.90 bits per heavy atom. The van der Waals surface area contributed by atoms with Gasteiger partial charge in [-0.3, -0.25) is 0 Å². The molecule has 0 saturated carbocycles. The van der Waals surface area contributed by atoms with Crippen LogP contribution in [0, 0.1) is 5.82 Å². The zero-order valence-electron chi connectivity index (χ0n) is 10.9. The maximum absolute atomic E-state index is 14.1. The fraction of sp³-hybridized carbons (Fsp3) is 0.188. The monoisotopic (exact) mass is 267 g/mol. The molecular weight excluding hydrogens is 253 g/mol. The van der Waals surface area contributed by atoms with Crippen LogP contribution in [0.1, 0.15) is 18.0 Å². The number of hydrogen-bond donors (Lipinski definition) is 1. The van der Waals surface area contributed by atoms with Crippen LogP contribution < -0.4 is 5.32 Å². The van der Waals surface area contributed by atoms with E-state index < -0.39 is 0 Å². The summed E-state index contributed by atoms with van der Waals surface area (Å²) in [4.78, 5) is 4.59. The second kappa shape index (κ2) is 4.34. The van der Waals surface area contributed by atoms with Gasteiger partial charge >= 0.3 is 0 Å². The van der Waals surface area contributed by atoms with Crippen molar-refractivity contribution in [1.29, 1.82) is 0 Å². The van der Waals surface area contributed by atoms with Gasteiger partial charge in [-0.25, -0.2) is 9.37 Å². The minimum atomic E-state index is -0.150. The lowest BCUT2D eigenvalue weighted by Crippen LogP contribution is -2.24. The maximum Gasteiger partial charge on any atom is 0.204 e. The Balaban J connectivity index is 1.96. The van der Waals surface area contributed by atoms with E-state index >= 15 is 0 Å². The minimum Gasteiger partial charge on any atom is -0.356 e. The molecule has 0 saturated heterocycles. The summed E-state index contributed by atoms with van der Waals surface area (Å²) < 4.78 is 16.2. The molecule has 1 unspecified atom stereocenters. The van der Waals surface area contributed by atoms with Gasteiger partial charge < -0.3 is 9.88 Å². The summed E-state index contributed by atoms with van der Waals surface area (Å²) in [6.07, 6.45) is 0.855. The predicted molar refractivity (Wildman–Crippen MR) is 77.4 cm³/mol. The number of halogens is 1. The van der Waals surface area contributed by atoms with Gasteiger partial charge in [-0.1, -0.05) is 30.3 Å². The fourth-order valence-corrected chi connectivity index (χ4v) is 2.97. The molecule has 3 nitrogen and oxygen atoms in total. The molecule has 2 heterocycles. The summed E-state index contributed by atoms with van der Waals surface area (Å²) in [7, 11) is 0. The first kappa shape index (κ1) is 11.5. The number of imidazole rings is 1. The number of hydrogen-bond acceptors (Lipinski definition) is 2. The van der Waals surface area contributed by atoms with Gasteiger partial charge in [0.1, 0.15) is 5.82 Å². The summed E-state index contributed by atoms with van der Waals surface area (Å²) in [6, 6.07) is 15.0. The Morgan fingerprint density at radius 3 is 2.80 bits per heavy atom. The number of para-hydroxylation sites is 2. The van der Waals surface area contributed by atoms with E-state index in [0.717, 1.165) is 35.5 Å². The van der Waals surface area contributed by atoms with Crippen LogP contribution in [0.15, 0.2) is 48.5 Å². The molecule has 1 atom stereocenters. The Kier molecular flexibility index (Phi) is 2.49. The van der Waals surface area contributed by atoms with Gasteiger partial charge in [0, 0.05) is 12.1 Å². The number of rotatable bonds is 1. The molecule has 0 amide bonds. The number of fused-ring (bicyclic) bond motifs is 3. The van der Waals surface area contributed by atoms with E-state index in [1.54, 1.807) is 6.07 Å². The van der Waals surface area contributed by atoms with Crippen molar-refractivity contribution in [2.24, 2.45) is 0 Å². The summed E-state index contributed by atoms with van der Waals surface area (Å²) in [5.74, 6) is 0.675. The minimum absolute atomic E-state index is 0.000139. The molecule has 1 aliphatic rings. The van der Waals surface area contributed by atoms with E-state index in [0.29, 0.717) is 0 Å². The van der Waals surface area contributed by atoms with Crippen molar-refractivity contribution in [3.63, 3.8) is 0 Å². The van der Waals surface area contributed by atoms with Crippen LogP contribution in [0.5, 0.6) is 0 Å². The van der Waals surface area contributed by atoms with Crippen molar-refractivity contribution < 1.29 is 4.39 Å². The first-order valence-corrected chi connectivity index (χ1v) is 6.80. The van der Waals surface area contributed by atoms with Crippen molar-refractivity contribution >= 4 is 17.0 Å². The Hall–Kier alpha value is -2.36. The fourth-order valence-electron chi connectivity index (χ4n) is 2.97. The first-order chi connectivity index (χ1) is 9.84. The van der Waals surface area contributed by atoms with E-state index in [9.17, 15) is 4.39 Å². The number of nitrogens with one attached hydrogen (secondary N) is 1. The molecule has 2 aromatic carbocycles. The number of aromatic nitrogens is 2. The van der Waals surface area contributed by atoms with E-state index in [2.05, 4.69) is 14.9 Å². The third kappa shape index (κ3) is 1.61. The van der Waals surface area contributed by atoms with E-state index in [1.807, 2.05) is 36.4 Å². The van der Waals surface area contributed by atoms with Gasteiger partial charge in [0.25, 0.3) is 0 Å². The molecule has 4 rings (SSSR count). The van der Waals surface area contributed by atoms with Crippen molar-refractivity contribution in [2.75, 3.05) is 11.9 Å². The van der Waals surface area contributed by atoms with Crippen LogP contribution in [0.2, 0.25) is 0 Å². The summed E-state index contributed by atoms with van der Waals surface area (Å²) in [5, 5.41) is 3.30. The molecule has 3 aromatic rings. The molecule has 4 heteroatoms. The largest absolute Gasteiger partial charge is 0.356 e. The molecule has 1 N–H and O–H groups in total. The van der Waals surface area contributed by atoms with E-state index in [1.165, 1.54) is 6.07 Å². The lowest BCUT2D eigenvalue weighted by Gasteiger charge is -2.27. The zero-order chi connectivity index (χ0) is 13.5. The van der Waals surface area contributed by atoms with Gasteiger partial charge in [0.2, 0.25) is 5.95 Å². The van der Waals surface area contributed by atoms with Gasteiger partial charge in [-0.2, -0.15) is 0 Å². The van der Waals surface area contributed by atoms with Crippen LogP contribution >= 0.6 is 0 Å². The maximum atomic E-state index is 14.1. The van der Waals surface area contributed by atoms with Crippen LogP contribution in [-0.4, -0.2) is 16.1 Å². The highest BCUT2D eigenvalue weighted by molar-refractivity contribution is 5.79. The highest BCUT2D eigenvalue weighted by Crippen LogP contribution is 2.34. The Bertz CT molecular complexity index is 778. The van der Waals surface area contributed by atoms with E-state index in [4.69, 9.17) is 0 Å². The first-order valence-electron chi connectivity index (χ1n) is 6.80. The van der Waals surface area contributed by atoms with E-state index in [-0.39, 0.29) is 11.9 Å². The van der Waals surface area contributed by atoms with Crippen LogP contribution in [0.25, 0.3) is 11.0 Å². The van der Waals surface area contributed by atoms with Gasteiger partial charge in [0.15, 0.2) is 0 Å². The average Bonchev–Trinajstić information content (AvgIpc) is 2.86. The normalized spacial score (nSPS) is 17.8. The average molecular weight is 267 g/mol. The van der Waals surface area contributed by atoms with Crippen LogP contribution in [0.3, 0.4) is 0 Å². The molecule has 1 aliphatic heterocycles. The second-order valence-corrected chi connectivity index (χ2v) is 5.05. The lowest BCUT2D eigenvalue weighted by atomic mass is 10.0. The smallest absolute Gasteiger partial charge is 0.204 e. The second-order valence-electron chi connectivity index (χ2n) is 5.05. The highest BCUT2D eigenvalue weighted by atomic mass is 19.1. The van der Waals surface area contributed by atoms with Gasteiger partial charge in [0.05, 0.1) is 17.1 Å². The standard InChI is InChI=1S/C16H14FN3/c17-12-6-2-1-5-11(12)14-9-10-18-16-19-13-7-3-4-8-15(13)20(14)16/h1-8,14H,9-10H2,(H,18,19). The molecule has 100 valence electrons. The third-order valence-electron chi connectivity index (χ3n) is 3.87. The summed E-state index contributed by atoms with van der Waals surface area (Å²) >= 11 is 0. The predicted octanol–water partition coefficient (Wildman–Crippen LogP) is 3.58. The topological polar surface area (TPSA) is 29.9 Å². The molecule has 0 spiro atoms. The molecule has 0 bridgehead atoms. The van der Waals surface area contributed by atoms with Crippen molar-refractivity contribution in [3.05, 3.63) is 59.9 Å². The number of nitrogens with zero attached hydrogens (tertiary/aromatic N) is 2. The quantitative estimate of drug-likeness (QED) is 0.730. The Labute approximate surface area is 116 Å². The molecule has 0 aliphatic carbocycles. The number of benzene rings is 2. The molecule has 0 radical (unpaired) electrons. The van der Waals surface area contributed by atoms with Crippen LogP contribution in [0.4, 0.5) is 10.3 Å². The van der Waals surface area contributed by atoms with Crippen LogP contribution in [-0.2, 0) is 0 Å². The summed E-state index contributed by atoms with van der Waals surface area (Å²) in [6.45, 7) is 0.808. The summed E-state index contributed by atoms with van der Waals surface area (Å²) in [5.41, 5.74) is 2.72. The van der Waals surface area contributed by atoms with Gasteiger partial charge in [-0.05, 0) is 24.6 Å². The van der Waals surface area contributed by atoms with Crippen molar-refractivity contribution in [1.82, 2.24) is 9.55 Å². The third-order valence-corrected chi connectivity index (χ3v) is 3.87. The number of anilines is 1.